The molecule has 0 spiro atoms. The first-order valence-corrected chi connectivity index (χ1v) is 7.29. The van der Waals surface area contributed by atoms with Crippen LogP contribution in [-0.2, 0) is 7.05 Å². The first-order chi connectivity index (χ1) is 11.1. The number of rotatable bonds is 3. The number of nitrogens with zero attached hydrogens (tertiary/aromatic N) is 5. The molecule has 3 rings (SSSR count). The number of aryl methyl sites for hydroxylation is 1. The van der Waals surface area contributed by atoms with Crippen LogP contribution in [0.25, 0.3) is 11.3 Å². The van der Waals surface area contributed by atoms with E-state index < -0.39 is 0 Å². The summed E-state index contributed by atoms with van der Waals surface area (Å²) in [6, 6.07) is 10.8. The van der Waals surface area contributed by atoms with E-state index >= 15 is 0 Å². The standard InChI is InChI=1S/C16H14ClN5O/c1-21(13-7-8-18-19-10-13)16(23)15-9-14(20-22(15)2)11-3-5-12(17)6-4-11/h3-10H,1-2H3. The number of amides is 1. The van der Waals surface area contributed by atoms with Crippen LogP contribution in [0, 0.1) is 0 Å². The van der Waals surface area contributed by atoms with Crippen molar-refractivity contribution in [3.05, 3.63) is 59.5 Å². The highest BCUT2D eigenvalue weighted by atomic mass is 35.5. The van der Waals surface area contributed by atoms with Crippen molar-refractivity contribution in [3.8, 4) is 11.3 Å². The molecule has 3 aromatic rings. The highest BCUT2D eigenvalue weighted by molar-refractivity contribution is 6.30. The third-order valence-corrected chi connectivity index (χ3v) is 3.75. The lowest BCUT2D eigenvalue weighted by atomic mass is 10.1. The predicted octanol–water partition coefficient (Wildman–Crippen LogP) is 2.81. The average Bonchev–Trinajstić information content (AvgIpc) is 2.96. The van der Waals surface area contributed by atoms with Gasteiger partial charge in [0.05, 0.1) is 23.8 Å². The molecule has 0 atom stereocenters. The number of hydrogen-bond donors (Lipinski definition) is 0. The van der Waals surface area contributed by atoms with Crippen molar-refractivity contribution < 1.29 is 4.79 Å². The zero-order valence-electron chi connectivity index (χ0n) is 12.6. The van der Waals surface area contributed by atoms with Crippen LogP contribution in [0.15, 0.2) is 48.8 Å². The van der Waals surface area contributed by atoms with E-state index in [-0.39, 0.29) is 5.91 Å². The van der Waals surface area contributed by atoms with Gasteiger partial charge < -0.3 is 4.90 Å². The van der Waals surface area contributed by atoms with E-state index in [1.807, 2.05) is 12.1 Å². The summed E-state index contributed by atoms with van der Waals surface area (Å²) in [7, 11) is 3.43. The van der Waals surface area contributed by atoms with Crippen molar-refractivity contribution in [2.75, 3.05) is 11.9 Å². The third kappa shape index (κ3) is 3.07. The molecule has 6 nitrogen and oxygen atoms in total. The van der Waals surface area contributed by atoms with Gasteiger partial charge in [0.15, 0.2) is 0 Å². The molecule has 0 aliphatic carbocycles. The molecule has 0 fully saturated rings. The van der Waals surface area contributed by atoms with Crippen molar-refractivity contribution in [2.24, 2.45) is 7.05 Å². The zero-order valence-corrected chi connectivity index (χ0v) is 13.4. The number of benzene rings is 1. The fraction of sp³-hybridized carbons (Fsp3) is 0.125. The molecule has 23 heavy (non-hydrogen) atoms. The molecule has 1 aromatic carbocycles. The minimum atomic E-state index is -0.173. The van der Waals surface area contributed by atoms with E-state index in [1.165, 1.54) is 11.1 Å². The van der Waals surface area contributed by atoms with Crippen LogP contribution >= 0.6 is 11.6 Å². The minimum absolute atomic E-state index is 0.173. The first-order valence-electron chi connectivity index (χ1n) is 6.91. The third-order valence-electron chi connectivity index (χ3n) is 3.50. The lowest BCUT2D eigenvalue weighted by Crippen LogP contribution is -2.28. The SMILES string of the molecule is CN(C(=O)c1cc(-c2ccc(Cl)cc2)nn1C)c1ccnnc1. The summed E-state index contributed by atoms with van der Waals surface area (Å²) in [6.07, 6.45) is 3.08. The Morgan fingerprint density at radius 2 is 1.91 bits per heavy atom. The van der Waals surface area contributed by atoms with Crippen LogP contribution in [0.4, 0.5) is 5.69 Å². The summed E-state index contributed by atoms with van der Waals surface area (Å²) >= 11 is 5.90. The van der Waals surface area contributed by atoms with Gasteiger partial charge in [-0.3, -0.25) is 9.48 Å². The number of aromatic nitrogens is 4. The fourth-order valence-electron chi connectivity index (χ4n) is 2.20. The largest absolute Gasteiger partial charge is 0.308 e. The second kappa shape index (κ2) is 6.18. The second-order valence-electron chi connectivity index (χ2n) is 5.01. The summed E-state index contributed by atoms with van der Waals surface area (Å²) in [5.41, 5.74) is 2.76. The van der Waals surface area contributed by atoms with Crippen LogP contribution in [0.5, 0.6) is 0 Å². The molecular weight excluding hydrogens is 314 g/mol. The molecular formula is C16H14ClN5O. The summed E-state index contributed by atoms with van der Waals surface area (Å²) in [5.74, 6) is -0.173. The highest BCUT2D eigenvalue weighted by Crippen LogP contribution is 2.22. The van der Waals surface area contributed by atoms with Gasteiger partial charge in [-0.1, -0.05) is 23.7 Å². The van der Waals surface area contributed by atoms with Gasteiger partial charge in [-0.2, -0.15) is 15.3 Å². The Bertz CT molecular complexity index is 829. The molecule has 0 radical (unpaired) electrons. The maximum absolute atomic E-state index is 12.7. The van der Waals surface area contributed by atoms with Gasteiger partial charge in [0, 0.05) is 24.7 Å². The van der Waals surface area contributed by atoms with Gasteiger partial charge in [-0.25, -0.2) is 0 Å². The summed E-state index contributed by atoms with van der Waals surface area (Å²) < 4.78 is 1.57. The van der Waals surface area contributed by atoms with Crippen LogP contribution in [0.1, 0.15) is 10.5 Å². The molecule has 2 aromatic heterocycles. The quantitative estimate of drug-likeness (QED) is 0.742. The zero-order chi connectivity index (χ0) is 16.4. The normalized spacial score (nSPS) is 10.6. The summed E-state index contributed by atoms with van der Waals surface area (Å²) in [6.45, 7) is 0. The van der Waals surface area contributed by atoms with Gasteiger partial charge >= 0.3 is 0 Å². The van der Waals surface area contributed by atoms with Crippen molar-refractivity contribution in [2.45, 2.75) is 0 Å². The molecule has 0 aliphatic rings. The maximum atomic E-state index is 12.7. The second-order valence-corrected chi connectivity index (χ2v) is 5.45. The average molecular weight is 328 g/mol. The van der Waals surface area contributed by atoms with Gasteiger partial charge in [0.2, 0.25) is 0 Å². The number of halogens is 1. The Morgan fingerprint density at radius 3 is 2.57 bits per heavy atom. The van der Waals surface area contributed by atoms with E-state index in [4.69, 9.17) is 11.6 Å². The molecule has 1 amide bonds. The van der Waals surface area contributed by atoms with Crippen LogP contribution in [-0.4, -0.2) is 32.9 Å². The summed E-state index contributed by atoms with van der Waals surface area (Å²) in [4.78, 5) is 14.2. The van der Waals surface area contributed by atoms with E-state index in [0.29, 0.717) is 22.1 Å². The van der Waals surface area contributed by atoms with Crippen LogP contribution in [0.3, 0.4) is 0 Å². The van der Waals surface area contributed by atoms with Crippen molar-refractivity contribution >= 4 is 23.2 Å². The lowest BCUT2D eigenvalue weighted by Gasteiger charge is -2.16. The van der Waals surface area contributed by atoms with Crippen molar-refractivity contribution in [3.63, 3.8) is 0 Å². The monoisotopic (exact) mass is 327 g/mol. The maximum Gasteiger partial charge on any atom is 0.276 e. The molecule has 0 unspecified atom stereocenters. The Morgan fingerprint density at radius 1 is 1.17 bits per heavy atom. The Kier molecular flexibility index (Phi) is 4.08. The highest BCUT2D eigenvalue weighted by Gasteiger charge is 2.19. The van der Waals surface area contributed by atoms with E-state index in [9.17, 15) is 4.79 Å². The van der Waals surface area contributed by atoms with E-state index in [0.717, 1.165) is 5.56 Å². The number of hydrogen-bond acceptors (Lipinski definition) is 4. The molecule has 0 saturated carbocycles. The number of carbonyl (C=O) groups excluding carboxylic acids is 1. The molecule has 0 saturated heterocycles. The first kappa shape index (κ1) is 15.2. The topological polar surface area (TPSA) is 63.9 Å². The van der Waals surface area contributed by atoms with E-state index in [1.54, 1.807) is 49.2 Å². The van der Waals surface area contributed by atoms with E-state index in [2.05, 4.69) is 15.3 Å². The predicted molar refractivity (Wildman–Crippen MR) is 88.4 cm³/mol. The minimum Gasteiger partial charge on any atom is -0.308 e. The Balaban J connectivity index is 1.91. The molecule has 0 bridgehead atoms. The number of carbonyl (C=O) groups is 1. The Hall–Kier alpha value is -2.73. The molecule has 0 N–H and O–H groups in total. The van der Waals surface area contributed by atoms with Gasteiger partial charge in [-0.05, 0) is 24.3 Å². The van der Waals surface area contributed by atoms with Crippen LogP contribution in [0.2, 0.25) is 5.02 Å². The van der Waals surface area contributed by atoms with Gasteiger partial charge in [-0.15, -0.1) is 0 Å². The van der Waals surface area contributed by atoms with Gasteiger partial charge in [0.1, 0.15) is 5.69 Å². The molecule has 7 heteroatoms. The number of anilines is 1. The molecule has 2 heterocycles. The summed E-state index contributed by atoms with van der Waals surface area (Å²) in [5, 5.41) is 12.6. The van der Waals surface area contributed by atoms with Crippen LogP contribution < -0.4 is 4.90 Å². The molecule has 0 aliphatic heterocycles. The Labute approximate surface area is 138 Å². The molecule has 116 valence electrons. The smallest absolute Gasteiger partial charge is 0.276 e. The van der Waals surface area contributed by atoms with Crippen molar-refractivity contribution in [1.82, 2.24) is 20.0 Å². The lowest BCUT2D eigenvalue weighted by molar-refractivity contribution is 0.0984. The van der Waals surface area contributed by atoms with Gasteiger partial charge in [0.25, 0.3) is 5.91 Å². The van der Waals surface area contributed by atoms with Crippen molar-refractivity contribution in [1.29, 1.82) is 0 Å². The fourth-order valence-corrected chi connectivity index (χ4v) is 2.33.